The van der Waals surface area contributed by atoms with Crippen LogP contribution in [0.1, 0.15) is 77.0 Å². The first-order valence-electron chi connectivity index (χ1n) is 15.7. The number of hydrogen-bond acceptors (Lipinski definition) is 6. The fourth-order valence-electron chi connectivity index (χ4n) is 5.78. The van der Waals surface area contributed by atoms with Crippen molar-refractivity contribution >= 4 is 17.5 Å². The summed E-state index contributed by atoms with van der Waals surface area (Å²) in [4.78, 5) is 13.7. The number of hydrogen-bond donors (Lipinski definition) is 4. The number of benzene rings is 3. The van der Waals surface area contributed by atoms with Gasteiger partial charge >= 0.3 is 0 Å². The largest absolute Gasteiger partial charge is 0.460 e. The van der Waals surface area contributed by atoms with Crippen LogP contribution < -0.4 is 21.7 Å². The molecule has 1 amide bonds. The molecule has 0 spiro atoms. The zero-order valence-corrected chi connectivity index (χ0v) is 26.7. The normalized spacial score (nSPS) is 17.8. The lowest BCUT2D eigenvalue weighted by molar-refractivity contribution is 0.0935. The van der Waals surface area contributed by atoms with Crippen molar-refractivity contribution in [1.82, 2.24) is 16.0 Å². The van der Waals surface area contributed by atoms with Crippen LogP contribution in [0, 0.1) is 18.3 Å². The predicted molar refractivity (Wildman–Crippen MR) is 180 cm³/mol. The zero-order valence-electron chi connectivity index (χ0n) is 26.0. The second-order valence-corrected chi connectivity index (χ2v) is 12.6. The van der Waals surface area contributed by atoms with E-state index in [9.17, 15) is 10.1 Å². The summed E-state index contributed by atoms with van der Waals surface area (Å²) in [5.74, 6) is 1.24. The van der Waals surface area contributed by atoms with Gasteiger partial charge in [-0.25, -0.2) is 0 Å². The standard InChI is InChI=1S/C37H42ClN5O2/c1-24-3-9-28(10-4-24)25(2)41-23-33-16-18-36(45-33)29-11-17-35(38)34(20-29)37(44)43-32(19-26-5-7-27(21-39)8-6-26)22-42-31-14-12-30(40)13-15-31/h3-11,16-18,20,25,30-32,41-42H,12-15,19,22-23,40H2,1-2H3,(H,43,44)/t25?,30-,31+,32?. The third-order valence-electron chi connectivity index (χ3n) is 8.64. The van der Waals surface area contributed by atoms with Gasteiger partial charge in [0.25, 0.3) is 5.91 Å². The number of amides is 1. The van der Waals surface area contributed by atoms with Gasteiger partial charge in [0.05, 0.1) is 28.8 Å². The summed E-state index contributed by atoms with van der Waals surface area (Å²) in [6.45, 7) is 5.40. The predicted octanol–water partition coefficient (Wildman–Crippen LogP) is 6.83. The Kier molecular flexibility index (Phi) is 11.1. The molecule has 0 radical (unpaired) electrons. The fraction of sp³-hybridized carbons (Fsp3) is 0.351. The highest BCUT2D eigenvalue weighted by Crippen LogP contribution is 2.28. The van der Waals surface area contributed by atoms with E-state index in [4.69, 9.17) is 21.8 Å². The third-order valence-corrected chi connectivity index (χ3v) is 8.97. The van der Waals surface area contributed by atoms with Crippen molar-refractivity contribution in [3.8, 4) is 17.4 Å². The van der Waals surface area contributed by atoms with Crippen LogP contribution in [0.5, 0.6) is 0 Å². The molecular formula is C37H42ClN5O2. The maximum absolute atomic E-state index is 13.7. The van der Waals surface area contributed by atoms with Crippen LogP contribution in [0.4, 0.5) is 0 Å². The molecule has 0 saturated heterocycles. The molecule has 1 aliphatic rings. The molecular weight excluding hydrogens is 582 g/mol. The van der Waals surface area contributed by atoms with Crippen LogP contribution in [0.3, 0.4) is 0 Å². The van der Waals surface area contributed by atoms with Crippen molar-refractivity contribution in [2.75, 3.05) is 6.54 Å². The van der Waals surface area contributed by atoms with Gasteiger partial charge in [-0.2, -0.15) is 5.26 Å². The van der Waals surface area contributed by atoms with Crippen molar-refractivity contribution in [2.45, 2.75) is 76.7 Å². The lowest BCUT2D eigenvalue weighted by Crippen LogP contribution is -2.47. The third kappa shape index (κ3) is 9.06. The Labute approximate surface area is 271 Å². The monoisotopic (exact) mass is 623 g/mol. The first-order valence-corrected chi connectivity index (χ1v) is 16.1. The number of nitrogens with zero attached hydrogens (tertiary/aromatic N) is 1. The maximum Gasteiger partial charge on any atom is 0.253 e. The van der Waals surface area contributed by atoms with E-state index < -0.39 is 0 Å². The molecule has 1 fully saturated rings. The van der Waals surface area contributed by atoms with Crippen LogP contribution >= 0.6 is 11.6 Å². The van der Waals surface area contributed by atoms with Crippen molar-refractivity contribution in [3.63, 3.8) is 0 Å². The molecule has 3 aromatic carbocycles. The number of carbonyl (C=O) groups is 1. The molecule has 1 saturated carbocycles. The van der Waals surface area contributed by atoms with Crippen LogP contribution in [0.25, 0.3) is 11.3 Å². The fourth-order valence-corrected chi connectivity index (χ4v) is 5.98. The minimum absolute atomic E-state index is 0.174. The number of nitrogens with one attached hydrogen (secondary N) is 3. The van der Waals surface area contributed by atoms with Gasteiger partial charge in [-0.15, -0.1) is 0 Å². The van der Waals surface area contributed by atoms with Crippen LogP contribution in [0.2, 0.25) is 5.02 Å². The molecule has 0 aliphatic heterocycles. The van der Waals surface area contributed by atoms with Crippen molar-refractivity contribution in [1.29, 1.82) is 5.26 Å². The van der Waals surface area contributed by atoms with Gasteiger partial charge in [0.2, 0.25) is 0 Å². The van der Waals surface area contributed by atoms with Gasteiger partial charge in [-0.05, 0) is 99.5 Å². The topological polar surface area (TPSA) is 116 Å². The highest BCUT2D eigenvalue weighted by Gasteiger charge is 2.22. The first kappa shape index (κ1) is 32.5. The van der Waals surface area contributed by atoms with E-state index in [-0.39, 0.29) is 24.0 Å². The molecule has 1 aliphatic carbocycles. The Morgan fingerprint density at radius 2 is 1.76 bits per heavy atom. The summed E-state index contributed by atoms with van der Waals surface area (Å²) < 4.78 is 6.16. The van der Waals surface area contributed by atoms with Crippen LogP contribution in [0.15, 0.2) is 83.3 Å². The molecule has 4 aromatic rings. The minimum atomic E-state index is -0.242. The number of carbonyl (C=O) groups excluding carboxylic acids is 1. The molecule has 45 heavy (non-hydrogen) atoms. The Hall–Kier alpha value is -3.93. The molecule has 1 heterocycles. The van der Waals surface area contributed by atoms with E-state index in [0.717, 1.165) is 42.6 Å². The molecule has 234 valence electrons. The van der Waals surface area contributed by atoms with Gasteiger partial charge in [-0.3, -0.25) is 4.79 Å². The lowest BCUT2D eigenvalue weighted by atomic mass is 9.91. The van der Waals surface area contributed by atoms with Crippen molar-refractivity contribution in [3.05, 3.63) is 117 Å². The number of aryl methyl sites for hydroxylation is 1. The van der Waals surface area contributed by atoms with E-state index >= 15 is 0 Å². The number of furan rings is 1. The maximum atomic E-state index is 13.7. The van der Waals surface area contributed by atoms with Crippen molar-refractivity contribution < 1.29 is 9.21 Å². The number of rotatable bonds is 12. The Morgan fingerprint density at radius 1 is 1.02 bits per heavy atom. The molecule has 7 nitrogen and oxygen atoms in total. The SMILES string of the molecule is Cc1ccc(C(C)NCc2ccc(-c3ccc(Cl)c(C(=O)NC(CN[C@H]4CC[C@@H](N)CC4)Cc4ccc(C#N)cc4)c3)o2)cc1. The van der Waals surface area contributed by atoms with Gasteiger partial charge in [-0.1, -0.05) is 53.6 Å². The minimum Gasteiger partial charge on any atom is -0.460 e. The van der Waals surface area contributed by atoms with Crippen LogP contribution in [-0.4, -0.2) is 30.6 Å². The average molecular weight is 624 g/mol. The molecule has 1 aromatic heterocycles. The molecule has 2 unspecified atom stereocenters. The summed E-state index contributed by atoms with van der Waals surface area (Å²) in [7, 11) is 0. The highest BCUT2D eigenvalue weighted by molar-refractivity contribution is 6.34. The summed E-state index contributed by atoms with van der Waals surface area (Å²) in [6, 6.07) is 28.1. The molecule has 5 N–H and O–H groups in total. The number of halogens is 1. The van der Waals surface area contributed by atoms with Crippen LogP contribution in [-0.2, 0) is 13.0 Å². The van der Waals surface area contributed by atoms with Gasteiger partial charge in [0, 0.05) is 36.3 Å². The van der Waals surface area contributed by atoms with Gasteiger partial charge in [0.15, 0.2) is 0 Å². The average Bonchev–Trinajstić information content (AvgIpc) is 3.53. The lowest BCUT2D eigenvalue weighted by Gasteiger charge is -2.29. The van der Waals surface area contributed by atoms with Gasteiger partial charge in [0.1, 0.15) is 11.5 Å². The Morgan fingerprint density at radius 3 is 2.47 bits per heavy atom. The number of nitrogens with two attached hydrogens (primary N) is 1. The van der Waals surface area contributed by atoms with Gasteiger partial charge < -0.3 is 26.1 Å². The molecule has 5 rings (SSSR count). The van der Waals surface area contributed by atoms with E-state index in [2.05, 4.69) is 60.1 Å². The second kappa shape index (κ2) is 15.4. The molecule has 0 bridgehead atoms. The molecule has 8 heteroatoms. The Balaban J connectivity index is 1.25. The zero-order chi connectivity index (χ0) is 31.8. The van der Waals surface area contributed by atoms with Crippen molar-refractivity contribution in [2.24, 2.45) is 5.73 Å². The quantitative estimate of drug-likeness (QED) is 0.137. The second-order valence-electron chi connectivity index (χ2n) is 12.2. The summed E-state index contributed by atoms with van der Waals surface area (Å²) in [5.41, 5.74) is 11.4. The van der Waals surface area contributed by atoms with E-state index in [1.807, 2.05) is 30.3 Å². The highest BCUT2D eigenvalue weighted by atomic mass is 35.5. The summed E-state index contributed by atoms with van der Waals surface area (Å²) >= 11 is 6.57. The van der Waals surface area contributed by atoms with E-state index in [1.165, 1.54) is 11.1 Å². The summed E-state index contributed by atoms with van der Waals surface area (Å²) in [6.07, 6.45) is 4.67. The van der Waals surface area contributed by atoms with E-state index in [1.54, 1.807) is 24.3 Å². The smallest absolute Gasteiger partial charge is 0.253 e. The number of nitriles is 1. The molecule has 2 atom stereocenters. The van der Waals surface area contributed by atoms with E-state index in [0.29, 0.717) is 47.5 Å². The Bertz CT molecular complexity index is 1600. The first-order chi connectivity index (χ1) is 21.8. The summed E-state index contributed by atoms with van der Waals surface area (Å²) in [5, 5.41) is 20.0.